The molecule has 59 heavy (non-hydrogen) atoms. The van der Waals surface area contributed by atoms with Gasteiger partial charge in [0.15, 0.2) is 17.5 Å². The van der Waals surface area contributed by atoms with Gasteiger partial charge in [-0.05, 0) is 119 Å². The molecular formula is C55H42N4. The zero-order valence-electron chi connectivity index (χ0n) is 32.8. The van der Waals surface area contributed by atoms with Gasteiger partial charge in [-0.25, -0.2) is 15.0 Å². The SMILES string of the molecule is c1ccc(-c2nc(-c3ccc(-c4ccc5c6ccccc6n(-c6ccccc6)c5c4)cc3)nc(-c3ccc4c(c3)-c3ccccc3C43C4CC5CC(C4)CC3C5)n2)cc1. The van der Waals surface area contributed by atoms with Crippen LogP contribution in [0.25, 0.3) is 83.9 Å². The lowest BCUT2D eigenvalue weighted by molar-refractivity contribution is -0.0399. The van der Waals surface area contributed by atoms with Gasteiger partial charge in [-0.15, -0.1) is 0 Å². The Balaban J connectivity index is 0.910. The average molecular weight is 759 g/mol. The number of hydrogen-bond acceptors (Lipinski definition) is 3. The number of aromatic nitrogens is 4. The molecule has 4 heteroatoms. The highest BCUT2D eigenvalue weighted by atomic mass is 15.0. The molecule has 0 atom stereocenters. The monoisotopic (exact) mass is 758 g/mol. The first-order chi connectivity index (χ1) is 29.2. The van der Waals surface area contributed by atoms with E-state index in [1.165, 1.54) is 70.6 Å². The number of nitrogens with zero attached hydrogens (tertiary/aromatic N) is 4. The first-order valence-corrected chi connectivity index (χ1v) is 21.4. The van der Waals surface area contributed by atoms with Crippen molar-refractivity contribution in [3.05, 3.63) is 181 Å². The van der Waals surface area contributed by atoms with Crippen molar-refractivity contribution in [3.63, 3.8) is 0 Å². The lowest BCUT2D eigenvalue weighted by atomic mass is 9.43. The van der Waals surface area contributed by atoms with Crippen molar-refractivity contribution in [2.24, 2.45) is 23.7 Å². The number of rotatable bonds is 5. The second-order valence-electron chi connectivity index (χ2n) is 17.6. The topological polar surface area (TPSA) is 43.6 Å². The van der Waals surface area contributed by atoms with Crippen LogP contribution in [-0.4, -0.2) is 19.5 Å². The van der Waals surface area contributed by atoms with Crippen LogP contribution in [-0.2, 0) is 5.41 Å². The molecule has 1 spiro atoms. The molecule has 4 saturated carbocycles. The van der Waals surface area contributed by atoms with Gasteiger partial charge in [0.1, 0.15) is 0 Å². The highest BCUT2D eigenvalue weighted by Gasteiger charge is 2.61. The normalized spacial score (nSPS) is 22.3. The van der Waals surface area contributed by atoms with Gasteiger partial charge in [-0.1, -0.05) is 140 Å². The van der Waals surface area contributed by atoms with Gasteiger partial charge in [0.2, 0.25) is 0 Å². The molecule has 0 unspecified atom stereocenters. The third-order valence-corrected chi connectivity index (χ3v) is 14.6. The standard InChI is InChI=1S/C55H42N4/c1-3-11-37(12-4-1)52-56-53(38-21-19-36(20-22-38)39-23-25-46-45-16-8-10-18-50(45)59(51(46)33-39)43-13-5-2-6-14-43)58-54(57-52)40-24-26-49-47(32-40)44-15-7-9-17-48(44)55(49)41-28-34-27-35(30-41)31-42(55)29-34/h1-26,32-35,41-42H,27-31H2. The van der Waals surface area contributed by atoms with Gasteiger partial charge in [0, 0.05) is 38.6 Å². The molecule has 2 heterocycles. The second kappa shape index (κ2) is 12.7. The molecule has 0 radical (unpaired) electrons. The Kier molecular flexibility index (Phi) is 7.16. The maximum Gasteiger partial charge on any atom is 0.164 e. The van der Waals surface area contributed by atoms with Crippen LogP contribution in [0.5, 0.6) is 0 Å². The Labute approximate surface area is 344 Å². The summed E-state index contributed by atoms with van der Waals surface area (Å²) in [4.78, 5) is 15.5. The molecule has 0 N–H and O–H groups in total. The van der Waals surface area contributed by atoms with Crippen molar-refractivity contribution in [1.29, 1.82) is 0 Å². The van der Waals surface area contributed by atoms with Crippen LogP contribution < -0.4 is 0 Å². The molecule has 4 nitrogen and oxygen atoms in total. The van der Waals surface area contributed by atoms with Gasteiger partial charge in [-0.3, -0.25) is 0 Å². The van der Waals surface area contributed by atoms with Gasteiger partial charge in [0.05, 0.1) is 11.0 Å². The maximum atomic E-state index is 5.25. The molecule has 0 saturated heterocycles. The van der Waals surface area contributed by atoms with E-state index in [0.717, 1.165) is 51.6 Å². The summed E-state index contributed by atoms with van der Waals surface area (Å²) in [5.74, 6) is 5.39. The fourth-order valence-electron chi connectivity index (χ4n) is 12.5. The predicted molar refractivity (Wildman–Crippen MR) is 239 cm³/mol. The Morgan fingerprint density at radius 2 is 0.932 bits per heavy atom. The number of fused-ring (bicyclic) bond motifs is 6. The fraction of sp³-hybridized carbons (Fsp3) is 0.182. The summed E-state index contributed by atoms with van der Waals surface area (Å²) < 4.78 is 2.38. The van der Waals surface area contributed by atoms with Gasteiger partial charge in [0.25, 0.3) is 0 Å². The number of para-hydroxylation sites is 2. The number of hydrogen-bond donors (Lipinski definition) is 0. The summed E-state index contributed by atoms with van der Waals surface area (Å²) >= 11 is 0. The molecule has 4 fully saturated rings. The fourth-order valence-corrected chi connectivity index (χ4v) is 12.5. The third-order valence-electron chi connectivity index (χ3n) is 14.6. The van der Waals surface area contributed by atoms with Crippen LogP contribution in [0.4, 0.5) is 0 Å². The molecule has 4 bridgehead atoms. The molecular weight excluding hydrogens is 717 g/mol. The van der Waals surface area contributed by atoms with Crippen LogP contribution >= 0.6 is 0 Å². The summed E-state index contributed by atoms with van der Waals surface area (Å²) in [5, 5.41) is 2.51. The highest BCUT2D eigenvalue weighted by molar-refractivity contribution is 6.10. The Bertz CT molecular complexity index is 3080. The molecule has 2 aromatic heterocycles. The highest BCUT2D eigenvalue weighted by Crippen LogP contribution is 2.69. The van der Waals surface area contributed by atoms with E-state index in [1.54, 1.807) is 11.1 Å². The van der Waals surface area contributed by atoms with E-state index in [2.05, 4.69) is 168 Å². The van der Waals surface area contributed by atoms with E-state index in [1.807, 2.05) is 6.07 Å². The Morgan fingerprint density at radius 1 is 0.390 bits per heavy atom. The third kappa shape index (κ3) is 4.93. The predicted octanol–water partition coefficient (Wildman–Crippen LogP) is 13.4. The minimum atomic E-state index is 0.141. The average Bonchev–Trinajstić information content (AvgIpc) is 3.78. The van der Waals surface area contributed by atoms with Crippen LogP contribution in [0, 0.1) is 23.7 Å². The lowest BCUT2D eigenvalue weighted by Gasteiger charge is -2.61. The number of benzene rings is 7. The van der Waals surface area contributed by atoms with Crippen LogP contribution in [0.2, 0.25) is 0 Å². The van der Waals surface area contributed by atoms with E-state index in [4.69, 9.17) is 15.0 Å². The van der Waals surface area contributed by atoms with E-state index < -0.39 is 0 Å². The van der Waals surface area contributed by atoms with Gasteiger partial charge in [-0.2, -0.15) is 0 Å². The smallest absolute Gasteiger partial charge is 0.164 e. The summed E-state index contributed by atoms with van der Waals surface area (Å²) in [5.41, 5.74) is 14.9. The maximum absolute atomic E-state index is 5.25. The molecule has 7 aromatic carbocycles. The van der Waals surface area contributed by atoms with Crippen molar-refractivity contribution in [2.75, 3.05) is 0 Å². The zero-order valence-corrected chi connectivity index (χ0v) is 32.8. The zero-order chi connectivity index (χ0) is 38.7. The molecule has 282 valence electrons. The Hall–Kier alpha value is -6.65. The first-order valence-electron chi connectivity index (χ1n) is 21.4. The van der Waals surface area contributed by atoms with Crippen LogP contribution in [0.15, 0.2) is 170 Å². The molecule has 0 amide bonds. The van der Waals surface area contributed by atoms with Gasteiger partial charge >= 0.3 is 0 Å². The Morgan fingerprint density at radius 3 is 1.68 bits per heavy atom. The molecule has 5 aliphatic rings. The second-order valence-corrected chi connectivity index (χ2v) is 17.6. The largest absolute Gasteiger partial charge is 0.309 e. The van der Waals surface area contributed by atoms with E-state index >= 15 is 0 Å². The summed E-state index contributed by atoms with van der Waals surface area (Å²) in [7, 11) is 0. The molecule has 14 rings (SSSR count). The lowest BCUT2D eigenvalue weighted by Crippen LogP contribution is -2.55. The molecule has 0 aliphatic heterocycles. The van der Waals surface area contributed by atoms with Crippen molar-refractivity contribution in [1.82, 2.24) is 19.5 Å². The van der Waals surface area contributed by atoms with Crippen molar-refractivity contribution >= 4 is 21.8 Å². The van der Waals surface area contributed by atoms with E-state index in [9.17, 15) is 0 Å². The minimum Gasteiger partial charge on any atom is -0.309 e. The van der Waals surface area contributed by atoms with Gasteiger partial charge < -0.3 is 4.57 Å². The summed E-state index contributed by atoms with van der Waals surface area (Å²) in [6.07, 6.45) is 6.98. The van der Waals surface area contributed by atoms with E-state index in [0.29, 0.717) is 17.5 Å². The minimum absolute atomic E-state index is 0.141. The van der Waals surface area contributed by atoms with Crippen molar-refractivity contribution in [2.45, 2.75) is 37.5 Å². The van der Waals surface area contributed by atoms with E-state index in [-0.39, 0.29) is 5.41 Å². The summed E-state index contributed by atoms with van der Waals surface area (Å²) in [6, 6.07) is 61.7. The quantitative estimate of drug-likeness (QED) is 0.176. The molecule has 9 aromatic rings. The van der Waals surface area contributed by atoms with Crippen molar-refractivity contribution in [3.8, 4) is 62.1 Å². The van der Waals surface area contributed by atoms with Crippen LogP contribution in [0.1, 0.15) is 43.2 Å². The van der Waals surface area contributed by atoms with Crippen molar-refractivity contribution < 1.29 is 0 Å². The first kappa shape index (κ1) is 33.3. The van der Waals surface area contributed by atoms with Crippen LogP contribution in [0.3, 0.4) is 0 Å². The summed E-state index contributed by atoms with van der Waals surface area (Å²) in [6.45, 7) is 0. The molecule has 5 aliphatic carbocycles.